The van der Waals surface area contributed by atoms with Crippen LogP contribution in [0.1, 0.15) is 33.6 Å². The van der Waals surface area contributed by atoms with E-state index in [0.717, 1.165) is 17.7 Å². The third kappa shape index (κ3) is 3.94. The summed E-state index contributed by atoms with van der Waals surface area (Å²) in [6.45, 7) is 2.89. The van der Waals surface area contributed by atoms with Crippen molar-refractivity contribution in [2.75, 3.05) is 46.6 Å². The van der Waals surface area contributed by atoms with Crippen molar-refractivity contribution in [2.24, 2.45) is 5.92 Å². The average molecular weight is 360 g/mol. The molecule has 26 heavy (non-hydrogen) atoms. The van der Waals surface area contributed by atoms with Gasteiger partial charge in [-0.15, -0.1) is 0 Å². The highest BCUT2D eigenvalue weighted by Crippen LogP contribution is 2.23. The van der Waals surface area contributed by atoms with Crippen LogP contribution in [0, 0.1) is 5.92 Å². The van der Waals surface area contributed by atoms with Crippen LogP contribution in [0.15, 0.2) is 24.3 Å². The van der Waals surface area contributed by atoms with E-state index in [2.05, 4.69) is 0 Å². The van der Waals surface area contributed by atoms with Gasteiger partial charge in [-0.05, 0) is 30.9 Å². The van der Waals surface area contributed by atoms with Crippen molar-refractivity contribution in [1.29, 1.82) is 0 Å². The molecule has 0 spiro atoms. The summed E-state index contributed by atoms with van der Waals surface area (Å²) < 4.78 is 10.5. The first-order valence-electron chi connectivity index (χ1n) is 8.91. The zero-order valence-electron chi connectivity index (χ0n) is 15.0. The largest absolute Gasteiger partial charge is 0.382 e. The minimum atomic E-state index is -0.389. The highest BCUT2D eigenvalue weighted by molar-refractivity contribution is 6.22. The van der Waals surface area contributed by atoms with Crippen molar-refractivity contribution in [1.82, 2.24) is 9.80 Å². The van der Waals surface area contributed by atoms with Crippen LogP contribution in [0.5, 0.6) is 0 Å². The summed E-state index contributed by atoms with van der Waals surface area (Å²) in [4.78, 5) is 40.0. The standard InChI is InChI=1S/C19H24N2O5/c1-25-10-11-26-13-14-6-8-20(9-7-14)17(22)12-21-18(23)15-4-2-3-5-16(15)19(21)24/h2-5,14H,6-13H2,1H3. The smallest absolute Gasteiger partial charge is 0.262 e. The van der Waals surface area contributed by atoms with Gasteiger partial charge in [0.05, 0.1) is 24.3 Å². The van der Waals surface area contributed by atoms with Crippen LogP contribution in [-0.2, 0) is 14.3 Å². The molecule has 3 rings (SSSR count). The Kier molecular flexibility index (Phi) is 6.00. The zero-order valence-corrected chi connectivity index (χ0v) is 15.0. The second-order valence-corrected chi connectivity index (χ2v) is 6.63. The molecule has 140 valence electrons. The fraction of sp³-hybridized carbons (Fsp3) is 0.526. The van der Waals surface area contributed by atoms with E-state index >= 15 is 0 Å². The molecular formula is C19H24N2O5. The van der Waals surface area contributed by atoms with E-state index in [-0.39, 0.29) is 24.3 Å². The van der Waals surface area contributed by atoms with Crippen LogP contribution in [0.4, 0.5) is 0 Å². The van der Waals surface area contributed by atoms with Crippen LogP contribution in [-0.4, -0.2) is 74.1 Å². The van der Waals surface area contributed by atoms with Gasteiger partial charge in [0.1, 0.15) is 6.54 Å². The molecule has 0 aromatic heterocycles. The molecule has 7 heteroatoms. The van der Waals surface area contributed by atoms with E-state index in [4.69, 9.17) is 9.47 Å². The number of piperidine rings is 1. The van der Waals surface area contributed by atoms with Gasteiger partial charge in [-0.2, -0.15) is 0 Å². The number of amides is 3. The lowest BCUT2D eigenvalue weighted by atomic mass is 9.98. The van der Waals surface area contributed by atoms with Crippen LogP contribution in [0.25, 0.3) is 0 Å². The Morgan fingerprint density at radius 3 is 2.27 bits per heavy atom. The number of hydrogen-bond acceptors (Lipinski definition) is 5. The molecule has 0 radical (unpaired) electrons. The average Bonchev–Trinajstić information content (AvgIpc) is 2.91. The Bertz CT molecular complexity index is 647. The molecule has 2 aliphatic rings. The van der Waals surface area contributed by atoms with Crippen LogP contribution in [0.2, 0.25) is 0 Å². The number of fused-ring (bicyclic) bond motifs is 1. The summed E-state index contributed by atoms with van der Waals surface area (Å²) in [6.07, 6.45) is 1.72. The number of methoxy groups -OCH3 is 1. The summed E-state index contributed by atoms with van der Waals surface area (Å²) >= 11 is 0. The predicted molar refractivity (Wildman–Crippen MR) is 93.8 cm³/mol. The highest BCUT2D eigenvalue weighted by Gasteiger charge is 2.37. The monoisotopic (exact) mass is 360 g/mol. The first kappa shape index (κ1) is 18.5. The molecule has 2 aliphatic heterocycles. The van der Waals surface area contributed by atoms with E-state index in [0.29, 0.717) is 50.0 Å². The van der Waals surface area contributed by atoms with Gasteiger partial charge in [-0.3, -0.25) is 19.3 Å². The summed E-state index contributed by atoms with van der Waals surface area (Å²) in [5.41, 5.74) is 0.745. The number of likely N-dealkylation sites (tertiary alicyclic amines) is 1. The van der Waals surface area contributed by atoms with Gasteiger partial charge < -0.3 is 14.4 Å². The predicted octanol–water partition coefficient (Wildman–Crippen LogP) is 1.18. The second-order valence-electron chi connectivity index (χ2n) is 6.63. The van der Waals surface area contributed by atoms with Gasteiger partial charge in [-0.25, -0.2) is 0 Å². The fourth-order valence-electron chi connectivity index (χ4n) is 3.36. The molecular weight excluding hydrogens is 336 g/mol. The van der Waals surface area contributed by atoms with E-state index in [1.165, 1.54) is 0 Å². The number of nitrogens with zero attached hydrogens (tertiary/aromatic N) is 2. The third-order valence-electron chi connectivity index (χ3n) is 4.92. The van der Waals surface area contributed by atoms with Crippen molar-refractivity contribution in [3.05, 3.63) is 35.4 Å². The van der Waals surface area contributed by atoms with Crippen LogP contribution in [0.3, 0.4) is 0 Å². The molecule has 0 saturated carbocycles. The van der Waals surface area contributed by atoms with Crippen molar-refractivity contribution >= 4 is 17.7 Å². The Morgan fingerprint density at radius 1 is 1.08 bits per heavy atom. The maximum Gasteiger partial charge on any atom is 0.262 e. The Labute approximate surface area is 152 Å². The van der Waals surface area contributed by atoms with Gasteiger partial charge in [0.15, 0.2) is 0 Å². The van der Waals surface area contributed by atoms with Crippen molar-refractivity contribution in [2.45, 2.75) is 12.8 Å². The second kappa shape index (κ2) is 8.42. The van der Waals surface area contributed by atoms with Gasteiger partial charge in [0.25, 0.3) is 11.8 Å². The Balaban J connectivity index is 1.48. The molecule has 7 nitrogen and oxygen atoms in total. The lowest BCUT2D eigenvalue weighted by Gasteiger charge is -2.32. The van der Waals surface area contributed by atoms with E-state index in [1.807, 2.05) is 0 Å². The lowest BCUT2D eigenvalue weighted by molar-refractivity contribution is -0.133. The third-order valence-corrected chi connectivity index (χ3v) is 4.92. The molecule has 1 aromatic rings. The SMILES string of the molecule is COCCOCC1CCN(C(=O)CN2C(=O)c3ccccc3C2=O)CC1. The Hall–Kier alpha value is -2.25. The van der Waals surface area contributed by atoms with Crippen molar-refractivity contribution < 1.29 is 23.9 Å². The molecule has 1 aromatic carbocycles. The molecule has 3 amide bonds. The lowest BCUT2D eigenvalue weighted by Crippen LogP contribution is -2.46. The number of ether oxygens (including phenoxy) is 2. The zero-order chi connectivity index (χ0) is 18.5. The summed E-state index contributed by atoms with van der Waals surface area (Å²) in [5.74, 6) is -0.533. The maximum atomic E-state index is 12.5. The molecule has 0 aliphatic carbocycles. The van der Waals surface area contributed by atoms with Gasteiger partial charge >= 0.3 is 0 Å². The number of carbonyl (C=O) groups is 3. The number of hydrogen-bond donors (Lipinski definition) is 0. The summed E-state index contributed by atoms with van der Waals surface area (Å²) in [6, 6.07) is 6.67. The minimum Gasteiger partial charge on any atom is -0.382 e. The Morgan fingerprint density at radius 2 is 1.69 bits per heavy atom. The van der Waals surface area contributed by atoms with Crippen molar-refractivity contribution in [3.63, 3.8) is 0 Å². The molecule has 0 atom stereocenters. The molecule has 1 fully saturated rings. The van der Waals surface area contributed by atoms with Gasteiger partial charge in [0.2, 0.25) is 5.91 Å². The molecule has 0 bridgehead atoms. The van der Waals surface area contributed by atoms with Crippen LogP contribution < -0.4 is 0 Å². The topological polar surface area (TPSA) is 76.2 Å². The first-order chi connectivity index (χ1) is 12.6. The summed E-state index contributed by atoms with van der Waals surface area (Å²) in [7, 11) is 1.64. The number of imide groups is 1. The molecule has 0 unspecified atom stereocenters. The first-order valence-corrected chi connectivity index (χ1v) is 8.91. The fourth-order valence-corrected chi connectivity index (χ4v) is 3.36. The number of benzene rings is 1. The number of carbonyl (C=O) groups excluding carboxylic acids is 3. The van der Waals surface area contributed by atoms with E-state index in [9.17, 15) is 14.4 Å². The van der Waals surface area contributed by atoms with E-state index in [1.54, 1.807) is 36.3 Å². The quantitative estimate of drug-likeness (QED) is 0.539. The number of rotatable bonds is 7. The van der Waals surface area contributed by atoms with Gasteiger partial charge in [0, 0.05) is 26.8 Å². The maximum absolute atomic E-state index is 12.5. The van der Waals surface area contributed by atoms with E-state index < -0.39 is 0 Å². The molecule has 0 N–H and O–H groups in total. The minimum absolute atomic E-state index is 0.182. The van der Waals surface area contributed by atoms with Crippen LogP contribution >= 0.6 is 0 Å². The molecule has 1 saturated heterocycles. The van der Waals surface area contributed by atoms with Crippen molar-refractivity contribution in [3.8, 4) is 0 Å². The normalized spacial score (nSPS) is 17.7. The molecule has 2 heterocycles. The summed E-state index contributed by atoms with van der Waals surface area (Å²) in [5, 5.41) is 0. The highest BCUT2D eigenvalue weighted by atomic mass is 16.5. The van der Waals surface area contributed by atoms with Gasteiger partial charge in [-0.1, -0.05) is 12.1 Å².